The SMILES string of the molecule is CCCNC(=O)CN1C(=O)COc2ccc(S(=O)(=O)N3C[C@H](C)C[C@@H](C)C3)cc21. The first kappa shape index (κ1) is 21.6. The van der Waals surface area contributed by atoms with Crippen LogP contribution in [0.15, 0.2) is 23.1 Å². The van der Waals surface area contributed by atoms with E-state index >= 15 is 0 Å². The van der Waals surface area contributed by atoms with Crippen LogP contribution in [0.2, 0.25) is 0 Å². The van der Waals surface area contributed by atoms with Gasteiger partial charge in [-0.3, -0.25) is 14.5 Å². The number of carbonyl (C=O) groups excluding carboxylic acids is 2. The number of benzene rings is 1. The Labute approximate surface area is 172 Å². The fraction of sp³-hybridized carbons (Fsp3) is 0.600. The number of rotatable bonds is 6. The standard InChI is InChI=1S/C20H29N3O5S/c1-4-7-21-19(24)12-23-17-9-16(5-6-18(17)28-13-20(23)25)29(26,27)22-10-14(2)8-15(3)11-22/h5-6,9,14-15H,4,7-8,10-13H2,1-3H3,(H,21,24)/t14-,15-/m1/s1. The summed E-state index contributed by atoms with van der Waals surface area (Å²) >= 11 is 0. The minimum atomic E-state index is -3.71. The molecule has 2 amide bonds. The topological polar surface area (TPSA) is 96.0 Å². The fourth-order valence-corrected chi connectivity index (χ4v) is 5.63. The highest BCUT2D eigenvalue weighted by atomic mass is 32.2. The molecule has 2 atom stereocenters. The molecule has 8 nitrogen and oxygen atoms in total. The summed E-state index contributed by atoms with van der Waals surface area (Å²) in [5, 5.41) is 2.74. The van der Waals surface area contributed by atoms with Crippen molar-refractivity contribution in [2.75, 3.05) is 37.7 Å². The van der Waals surface area contributed by atoms with Crippen LogP contribution in [-0.2, 0) is 19.6 Å². The Morgan fingerprint density at radius 3 is 2.59 bits per heavy atom. The maximum atomic E-state index is 13.2. The number of ether oxygens (including phenoxy) is 1. The van der Waals surface area contributed by atoms with Crippen LogP contribution in [0.5, 0.6) is 5.75 Å². The van der Waals surface area contributed by atoms with Crippen molar-refractivity contribution in [1.29, 1.82) is 0 Å². The molecule has 0 spiro atoms. The largest absolute Gasteiger partial charge is 0.482 e. The lowest BCUT2D eigenvalue weighted by molar-refractivity contribution is -0.125. The van der Waals surface area contributed by atoms with Crippen LogP contribution in [-0.4, -0.2) is 57.3 Å². The molecule has 2 aliphatic rings. The summed E-state index contributed by atoms with van der Waals surface area (Å²) < 4.78 is 33.4. The van der Waals surface area contributed by atoms with E-state index in [-0.39, 0.29) is 41.7 Å². The molecule has 9 heteroatoms. The molecule has 1 fully saturated rings. The minimum absolute atomic E-state index is 0.106. The molecule has 29 heavy (non-hydrogen) atoms. The fourth-order valence-electron chi connectivity index (χ4n) is 3.93. The molecule has 0 saturated carbocycles. The predicted octanol–water partition coefficient (Wildman–Crippen LogP) is 1.60. The van der Waals surface area contributed by atoms with Crippen LogP contribution in [0.1, 0.15) is 33.6 Å². The van der Waals surface area contributed by atoms with Gasteiger partial charge in [-0.05, 0) is 42.9 Å². The number of sulfonamides is 1. The van der Waals surface area contributed by atoms with Gasteiger partial charge in [0.25, 0.3) is 5.91 Å². The number of amides is 2. The minimum Gasteiger partial charge on any atom is -0.482 e. The third kappa shape index (κ3) is 4.72. The van der Waals surface area contributed by atoms with Gasteiger partial charge in [-0.1, -0.05) is 20.8 Å². The van der Waals surface area contributed by atoms with Crippen LogP contribution >= 0.6 is 0 Å². The van der Waals surface area contributed by atoms with Gasteiger partial charge in [0.1, 0.15) is 12.3 Å². The van der Waals surface area contributed by atoms with E-state index in [1.807, 2.05) is 20.8 Å². The van der Waals surface area contributed by atoms with Gasteiger partial charge in [-0.15, -0.1) is 0 Å². The summed E-state index contributed by atoms with van der Waals surface area (Å²) in [6, 6.07) is 4.50. The molecule has 3 rings (SSSR count). The van der Waals surface area contributed by atoms with Gasteiger partial charge in [0.2, 0.25) is 15.9 Å². The number of piperidine rings is 1. The summed E-state index contributed by atoms with van der Waals surface area (Å²) in [7, 11) is -3.71. The third-order valence-corrected chi connectivity index (χ3v) is 7.05. The van der Waals surface area contributed by atoms with Crippen molar-refractivity contribution in [3.05, 3.63) is 18.2 Å². The molecule has 2 heterocycles. The smallest absolute Gasteiger partial charge is 0.265 e. The van der Waals surface area contributed by atoms with Crippen molar-refractivity contribution in [2.45, 2.75) is 38.5 Å². The van der Waals surface area contributed by atoms with Crippen LogP contribution < -0.4 is 15.0 Å². The molecule has 2 aliphatic heterocycles. The highest BCUT2D eigenvalue weighted by Crippen LogP contribution is 2.36. The van der Waals surface area contributed by atoms with Gasteiger partial charge >= 0.3 is 0 Å². The summed E-state index contributed by atoms with van der Waals surface area (Å²) in [4.78, 5) is 25.9. The summed E-state index contributed by atoms with van der Waals surface area (Å²) in [6.45, 7) is 7.16. The Hall–Kier alpha value is -2.13. The number of fused-ring (bicyclic) bond motifs is 1. The Kier molecular flexibility index (Phi) is 6.48. The molecule has 0 aromatic heterocycles. The van der Waals surface area contributed by atoms with E-state index in [0.717, 1.165) is 12.8 Å². The monoisotopic (exact) mass is 423 g/mol. The molecule has 0 unspecified atom stereocenters. The highest BCUT2D eigenvalue weighted by molar-refractivity contribution is 7.89. The zero-order valence-corrected chi connectivity index (χ0v) is 18.0. The second-order valence-corrected chi connectivity index (χ2v) is 9.95. The number of hydrogen-bond acceptors (Lipinski definition) is 5. The molecule has 1 saturated heterocycles. The van der Waals surface area contributed by atoms with E-state index in [1.165, 1.54) is 21.3 Å². The van der Waals surface area contributed by atoms with Gasteiger partial charge in [-0.2, -0.15) is 4.31 Å². The molecule has 0 aliphatic carbocycles. The normalized spacial score (nSPS) is 22.7. The second-order valence-electron chi connectivity index (χ2n) is 8.02. The number of nitrogens with one attached hydrogen (secondary N) is 1. The maximum Gasteiger partial charge on any atom is 0.265 e. The Morgan fingerprint density at radius 1 is 1.24 bits per heavy atom. The number of anilines is 1. The predicted molar refractivity (Wildman–Crippen MR) is 109 cm³/mol. The molecule has 1 N–H and O–H groups in total. The lowest BCUT2D eigenvalue weighted by atomic mass is 9.94. The first-order valence-corrected chi connectivity index (χ1v) is 11.5. The van der Waals surface area contributed by atoms with Gasteiger partial charge in [0.15, 0.2) is 6.61 Å². The lowest BCUT2D eigenvalue weighted by Gasteiger charge is -2.34. The van der Waals surface area contributed by atoms with Crippen molar-refractivity contribution < 1.29 is 22.7 Å². The highest BCUT2D eigenvalue weighted by Gasteiger charge is 2.34. The third-order valence-electron chi connectivity index (χ3n) is 5.22. The number of hydrogen-bond donors (Lipinski definition) is 1. The zero-order chi connectivity index (χ0) is 21.2. The molecule has 0 bridgehead atoms. The van der Waals surface area contributed by atoms with Crippen LogP contribution in [0.3, 0.4) is 0 Å². The molecule has 160 valence electrons. The van der Waals surface area contributed by atoms with Crippen LogP contribution in [0.25, 0.3) is 0 Å². The summed E-state index contributed by atoms with van der Waals surface area (Å²) in [5.41, 5.74) is 0.312. The lowest BCUT2D eigenvalue weighted by Crippen LogP contribution is -2.45. The molecule has 1 aromatic rings. The first-order valence-electron chi connectivity index (χ1n) is 10.1. The van der Waals surface area contributed by atoms with E-state index < -0.39 is 10.0 Å². The number of nitrogens with zero attached hydrogens (tertiary/aromatic N) is 2. The average Bonchev–Trinajstić information content (AvgIpc) is 2.67. The van der Waals surface area contributed by atoms with Crippen molar-refractivity contribution >= 4 is 27.5 Å². The zero-order valence-electron chi connectivity index (χ0n) is 17.2. The van der Waals surface area contributed by atoms with Crippen LogP contribution in [0, 0.1) is 11.8 Å². The average molecular weight is 424 g/mol. The van der Waals surface area contributed by atoms with Crippen molar-refractivity contribution in [3.8, 4) is 5.75 Å². The van der Waals surface area contributed by atoms with Gasteiger partial charge in [0, 0.05) is 19.6 Å². The summed E-state index contributed by atoms with van der Waals surface area (Å²) in [6.07, 6.45) is 1.79. The van der Waals surface area contributed by atoms with E-state index in [4.69, 9.17) is 4.74 Å². The quantitative estimate of drug-likeness (QED) is 0.750. The Balaban J connectivity index is 1.90. The van der Waals surface area contributed by atoms with E-state index in [2.05, 4.69) is 5.32 Å². The van der Waals surface area contributed by atoms with Gasteiger partial charge < -0.3 is 10.1 Å². The van der Waals surface area contributed by atoms with E-state index in [0.29, 0.717) is 31.1 Å². The molecule has 1 aromatic carbocycles. The van der Waals surface area contributed by atoms with Gasteiger partial charge in [0.05, 0.1) is 10.6 Å². The molecule has 0 radical (unpaired) electrons. The maximum absolute atomic E-state index is 13.2. The van der Waals surface area contributed by atoms with E-state index in [9.17, 15) is 18.0 Å². The van der Waals surface area contributed by atoms with Crippen molar-refractivity contribution in [2.24, 2.45) is 11.8 Å². The Morgan fingerprint density at radius 2 is 1.93 bits per heavy atom. The Bertz CT molecular complexity index is 876. The van der Waals surface area contributed by atoms with Crippen LogP contribution in [0.4, 0.5) is 5.69 Å². The molecular weight excluding hydrogens is 394 g/mol. The first-order chi connectivity index (χ1) is 13.7. The van der Waals surface area contributed by atoms with Crippen molar-refractivity contribution in [3.63, 3.8) is 0 Å². The molecular formula is C20H29N3O5S. The number of carbonyl (C=O) groups is 2. The van der Waals surface area contributed by atoms with Gasteiger partial charge in [-0.25, -0.2) is 8.42 Å². The summed E-state index contributed by atoms with van der Waals surface area (Å²) in [5.74, 6) is 0.302. The van der Waals surface area contributed by atoms with Crippen molar-refractivity contribution in [1.82, 2.24) is 9.62 Å². The second kappa shape index (κ2) is 8.71. The van der Waals surface area contributed by atoms with E-state index in [1.54, 1.807) is 6.07 Å².